The molecule has 1 heterocycles. The molecule has 32 heavy (non-hydrogen) atoms. The van der Waals surface area contributed by atoms with Crippen LogP contribution in [0.4, 0.5) is 11.4 Å². The number of sulfonamides is 1. The van der Waals surface area contributed by atoms with E-state index in [2.05, 4.69) is 5.32 Å². The molecule has 7 nitrogen and oxygen atoms in total. The average molecular weight is 488 g/mol. The molecule has 1 N–H and O–H groups in total. The lowest BCUT2D eigenvalue weighted by Gasteiger charge is -2.24. The van der Waals surface area contributed by atoms with Crippen molar-refractivity contribution in [2.45, 2.75) is 4.90 Å². The number of aromatic nitrogens is 1. The number of anilines is 2. The average Bonchev–Trinajstić information content (AvgIpc) is 3.06. The zero-order chi connectivity index (χ0) is 22.9. The first kappa shape index (κ1) is 22.1. The minimum Gasteiger partial charge on any atom is -0.324 e. The highest BCUT2D eigenvalue weighted by molar-refractivity contribution is 7.92. The molecule has 1 amide bonds. The lowest BCUT2D eigenvalue weighted by Crippen LogP contribution is -2.38. The fraction of sp³-hybridized carbons (Fsp3) is 0.0909. The Morgan fingerprint density at radius 2 is 1.75 bits per heavy atom. The first-order valence-corrected chi connectivity index (χ1v) is 12.1. The van der Waals surface area contributed by atoms with E-state index < -0.39 is 22.5 Å². The van der Waals surface area contributed by atoms with Gasteiger partial charge >= 0.3 is 4.87 Å². The van der Waals surface area contributed by atoms with Gasteiger partial charge in [-0.3, -0.25) is 13.9 Å². The molecular weight excluding hydrogens is 470 g/mol. The molecule has 10 heteroatoms. The predicted octanol–water partition coefficient (Wildman–Crippen LogP) is 4.09. The van der Waals surface area contributed by atoms with Gasteiger partial charge in [-0.1, -0.05) is 41.1 Å². The van der Waals surface area contributed by atoms with Crippen LogP contribution in [0, 0.1) is 0 Å². The van der Waals surface area contributed by atoms with E-state index in [0.717, 1.165) is 25.9 Å². The van der Waals surface area contributed by atoms with Crippen molar-refractivity contribution < 1.29 is 13.2 Å². The highest BCUT2D eigenvalue weighted by Crippen LogP contribution is 2.26. The van der Waals surface area contributed by atoms with E-state index in [-0.39, 0.29) is 9.77 Å². The number of rotatable bonds is 6. The summed E-state index contributed by atoms with van der Waals surface area (Å²) in [6.07, 6.45) is 0. The van der Waals surface area contributed by atoms with Gasteiger partial charge in [-0.15, -0.1) is 0 Å². The summed E-state index contributed by atoms with van der Waals surface area (Å²) in [5, 5.41) is 3.17. The van der Waals surface area contributed by atoms with E-state index in [1.807, 2.05) is 0 Å². The van der Waals surface area contributed by atoms with Gasteiger partial charge in [-0.2, -0.15) is 0 Å². The summed E-state index contributed by atoms with van der Waals surface area (Å²) in [5.41, 5.74) is 1.54. The molecule has 0 saturated carbocycles. The molecule has 0 radical (unpaired) electrons. The molecule has 0 aliphatic carbocycles. The second-order valence-electron chi connectivity index (χ2n) is 6.96. The number of amides is 1. The van der Waals surface area contributed by atoms with Crippen LogP contribution < -0.4 is 14.5 Å². The Morgan fingerprint density at radius 1 is 1.06 bits per heavy atom. The Kier molecular flexibility index (Phi) is 6.05. The fourth-order valence-corrected chi connectivity index (χ4v) is 5.67. The first-order chi connectivity index (χ1) is 15.3. The van der Waals surface area contributed by atoms with Gasteiger partial charge in [0.25, 0.3) is 10.0 Å². The van der Waals surface area contributed by atoms with Crippen LogP contribution in [0.25, 0.3) is 10.2 Å². The number of hydrogen-bond acceptors (Lipinski definition) is 5. The molecule has 0 aliphatic rings. The molecule has 4 rings (SSSR count). The molecule has 4 aromatic rings. The number of nitrogens with one attached hydrogen (secondary N) is 1. The van der Waals surface area contributed by atoms with E-state index in [1.54, 1.807) is 67.7 Å². The summed E-state index contributed by atoms with van der Waals surface area (Å²) in [6.45, 7) is -0.443. The Balaban J connectivity index is 1.64. The van der Waals surface area contributed by atoms with Gasteiger partial charge < -0.3 is 9.88 Å². The van der Waals surface area contributed by atoms with Crippen LogP contribution in [0.1, 0.15) is 0 Å². The quantitative estimate of drug-likeness (QED) is 0.443. The van der Waals surface area contributed by atoms with Crippen molar-refractivity contribution in [1.82, 2.24) is 4.57 Å². The van der Waals surface area contributed by atoms with Gasteiger partial charge in [-0.25, -0.2) is 8.42 Å². The number of halogens is 1. The minimum atomic E-state index is -4.00. The van der Waals surface area contributed by atoms with Crippen LogP contribution in [0.15, 0.2) is 82.5 Å². The molecule has 0 bridgehead atoms. The van der Waals surface area contributed by atoms with Gasteiger partial charge in [0.05, 0.1) is 20.8 Å². The smallest absolute Gasteiger partial charge is 0.307 e. The van der Waals surface area contributed by atoms with Crippen molar-refractivity contribution in [2.75, 3.05) is 16.2 Å². The molecule has 0 saturated heterocycles. The SMILES string of the molecule is Cn1c(=O)sc2cc(NC(=O)CN(c3ccc(Cl)cc3)S(=O)(=O)c3ccccc3)ccc21. The molecule has 0 fully saturated rings. The third-order valence-electron chi connectivity index (χ3n) is 4.81. The Bertz CT molecular complexity index is 1450. The zero-order valence-electron chi connectivity index (χ0n) is 16.9. The maximum absolute atomic E-state index is 13.3. The summed E-state index contributed by atoms with van der Waals surface area (Å²) in [6, 6.07) is 19.2. The number of hydrogen-bond donors (Lipinski definition) is 1. The number of nitrogens with zero attached hydrogens (tertiary/aromatic N) is 2. The van der Waals surface area contributed by atoms with Gasteiger partial charge in [-0.05, 0) is 54.6 Å². The Labute approximate surface area is 193 Å². The van der Waals surface area contributed by atoms with Crippen LogP contribution >= 0.6 is 22.9 Å². The number of thiazole rings is 1. The van der Waals surface area contributed by atoms with Gasteiger partial charge in [0, 0.05) is 17.8 Å². The van der Waals surface area contributed by atoms with E-state index in [4.69, 9.17) is 11.6 Å². The topological polar surface area (TPSA) is 88.5 Å². The summed E-state index contributed by atoms with van der Waals surface area (Å²) >= 11 is 7.02. The Morgan fingerprint density at radius 3 is 2.44 bits per heavy atom. The van der Waals surface area contributed by atoms with E-state index >= 15 is 0 Å². The monoisotopic (exact) mass is 487 g/mol. The largest absolute Gasteiger partial charge is 0.324 e. The fourth-order valence-electron chi connectivity index (χ4n) is 3.18. The third-order valence-corrected chi connectivity index (χ3v) is 7.84. The van der Waals surface area contributed by atoms with Crippen LogP contribution in [-0.2, 0) is 21.9 Å². The summed E-state index contributed by atoms with van der Waals surface area (Å²) in [7, 11) is -2.33. The number of fused-ring (bicyclic) bond motifs is 1. The minimum absolute atomic E-state index is 0.0678. The Hall–Kier alpha value is -3.14. The van der Waals surface area contributed by atoms with Crippen molar-refractivity contribution in [1.29, 1.82) is 0 Å². The van der Waals surface area contributed by atoms with Crippen LogP contribution in [0.5, 0.6) is 0 Å². The highest BCUT2D eigenvalue weighted by atomic mass is 35.5. The van der Waals surface area contributed by atoms with E-state index in [1.165, 1.54) is 16.7 Å². The summed E-state index contributed by atoms with van der Waals surface area (Å²) in [4.78, 5) is 24.7. The summed E-state index contributed by atoms with van der Waals surface area (Å²) in [5.74, 6) is -0.526. The maximum Gasteiger partial charge on any atom is 0.307 e. The zero-order valence-corrected chi connectivity index (χ0v) is 19.2. The molecule has 0 atom stereocenters. The second-order valence-corrected chi connectivity index (χ2v) is 10.3. The number of benzene rings is 3. The molecule has 3 aromatic carbocycles. The molecular formula is C22H18ClN3O4S2. The highest BCUT2D eigenvalue weighted by Gasteiger charge is 2.27. The maximum atomic E-state index is 13.3. The molecule has 0 unspecified atom stereocenters. The number of carbonyl (C=O) groups is 1. The third kappa shape index (κ3) is 4.40. The standard InChI is InChI=1S/C22H18ClN3O4S2/c1-25-19-12-9-16(13-20(19)31-22(25)28)24-21(27)14-26(17-10-7-15(23)8-11-17)32(29,30)18-5-3-2-4-6-18/h2-13H,14H2,1H3,(H,24,27). The number of carbonyl (C=O) groups excluding carboxylic acids is 1. The van der Waals surface area contributed by atoms with Crippen molar-refractivity contribution in [3.05, 3.63) is 87.5 Å². The van der Waals surface area contributed by atoms with Gasteiger partial charge in [0.2, 0.25) is 5.91 Å². The molecule has 1 aromatic heterocycles. The van der Waals surface area contributed by atoms with Crippen molar-refractivity contribution in [3.63, 3.8) is 0 Å². The van der Waals surface area contributed by atoms with E-state index in [0.29, 0.717) is 16.4 Å². The lowest BCUT2D eigenvalue weighted by molar-refractivity contribution is -0.114. The second kappa shape index (κ2) is 8.78. The van der Waals surface area contributed by atoms with E-state index in [9.17, 15) is 18.0 Å². The van der Waals surface area contributed by atoms with Crippen LogP contribution in [0.2, 0.25) is 5.02 Å². The predicted molar refractivity (Wildman–Crippen MR) is 128 cm³/mol. The van der Waals surface area contributed by atoms with Crippen LogP contribution in [-0.4, -0.2) is 25.4 Å². The molecule has 0 spiro atoms. The number of aryl methyl sites for hydroxylation is 1. The lowest BCUT2D eigenvalue weighted by atomic mass is 10.3. The molecule has 164 valence electrons. The van der Waals surface area contributed by atoms with Crippen molar-refractivity contribution in [2.24, 2.45) is 7.05 Å². The van der Waals surface area contributed by atoms with Crippen molar-refractivity contribution >= 4 is 60.5 Å². The van der Waals surface area contributed by atoms with Gasteiger partial charge in [0.15, 0.2) is 0 Å². The summed E-state index contributed by atoms with van der Waals surface area (Å²) < 4.78 is 29.9. The van der Waals surface area contributed by atoms with Crippen molar-refractivity contribution in [3.8, 4) is 0 Å². The molecule has 0 aliphatic heterocycles. The normalized spacial score (nSPS) is 11.4. The van der Waals surface area contributed by atoms with Crippen LogP contribution in [0.3, 0.4) is 0 Å². The first-order valence-electron chi connectivity index (χ1n) is 9.48. The van der Waals surface area contributed by atoms with Gasteiger partial charge in [0.1, 0.15) is 6.54 Å².